The van der Waals surface area contributed by atoms with E-state index < -0.39 is 6.09 Å². The molecule has 0 fully saturated rings. The zero-order valence-corrected chi connectivity index (χ0v) is 9.69. The maximum Gasteiger partial charge on any atom is 0.407 e. The number of hydrogen-bond acceptors (Lipinski definition) is 4. The standard InChI is InChI=1S/C7H15NO2.CH3NO2.CH2O/c1-3-5-6-8-7(9)10-4-2;2-1(3)4;1-2/h3-6H2,1-2H3,(H,8,9);2H2,(H,3,4);1H2. The molecule has 0 rings (SSSR count). The summed E-state index contributed by atoms with van der Waals surface area (Å²) in [5.74, 6) is 0. The molecular formula is C9H20N2O5. The van der Waals surface area contributed by atoms with Crippen LogP contribution in [-0.4, -0.2) is 37.2 Å². The van der Waals surface area contributed by atoms with E-state index in [1.165, 1.54) is 0 Å². The minimum absolute atomic E-state index is 0.309. The van der Waals surface area contributed by atoms with Gasteiger partial charge in [0.2, 0.25) is 0 Å². The van der Waals surface area contributed by atoms with Crippen molar-refractivity contribution in [2.24, 2.45) is 5.73 Å². The van der Waals surface area contributed by atoms with Crippen molar-refractivity contribution in [3.8, 4) is 0 Å². The molecule has 0 aromatic carbocycles. The highest BCUT2D eigenvalue weighted by Crippen LogP contribution is 1.83. The predicted octanol–water partition coefficient (Wildman–Crippen LogP) is 0.971. The van der Waals surface area contributed by atoms with Crippen LogP contribution in [0.1, 0.15) is 26.7 Å². The molecule has 4 N–H and O–H groups in total. The van der Waals surface area contributed by atoms with Crippen LogP contribution in [0.25, 0.3) is 0 Å². The van der Waals surface area contributed by atoms with Crippen molar-refractivity contribution in [2.45, 2.75) is 26.7 Å². The minimum Gasteiger partial charge on any atom is -0.465 e. The second-order valence-corrected chi connectivity index (χ2v) is 2.34. The SMILES string of the molecule is C=O.CCCCNC(=O)OCC.NC(=O)O. The Kier molecular flexibility index (Phi) is 23.3. The second kappa shape index (κ2) is 18.9. The molecule has 0 aromatic rings. The van der Waals surface area contributed by atoms with E-state index in [2.05, 4.69) is 22.7 Å². The molecule has 0 saturated heterocycles. The maximum absolute atomic E-state index is 10.6. The van der Waals surface area contributed by atoms with E-state index in [1.54, 1.807) is 6.92 Å². The molecule has 0 aliphatic carbocycles. The number of alkyl carbamates (subject to hydrolysis) is 1. The van der Waals surface area contributed by atoms with Gasteiger partial charge in [-0.05, 0) is 13.3 Å². The molecule has 0 bridgehead atoms. The molecule has 96 valence electrons. The molecule has 0 radical (unpaired) electrons. The molecule has 2 amide bonds. The van der Waals surface area contributed by atoms with Crippen LogP contribution in [0.15, 0.2) is 0 Å². The van der Waals surface area contributed by atoms with Crippen molar-refractivity contribution in [1.29, 1.82) is 0 Å². The molecule has 0 aliphatic rings. The highest BCUT2D eigenvalue weighted by molar-refractivity contribution is 5.66. The van der Waals surface area contributed by atoms with Gasteiger partial charge in [-0.2, -0.15) is 0 Å². The van der Waals surface area contributed by atoms with E-state index in [4.69, 9.17) is 14.7 Å². The fourth-order valence-electron chi connectivity index (χ4n) is 0.549. The summed E-state index contributed by atoms with van der Waals surface area (Å²) in [6.45, 7) is 7.03. The number of amides is 2. The molecule has 0 unspecified atom stereocenters. The topological polar surface area (TPSA) is 119 Å². The number of carboxylic acid groups (broad SMARTS) is 1. The summed E-state index contributed by atoms with van der Waals surface area (Å²) in [5, 5.41) is 9.82. The highest BCUT2D eigenvalue weighted by Gasteiger charge is 1.95. The number of nitrogens with two attached hydrogens (primary N) is 1. The summed E-state index contributed by atoms with van der Waals surface area (Å²) in [6, 6.07) is 0. The van der Waals surface area contributed by atoms with Crippen molar-refractivity contribution in [1.82, 2.24) is 5.32 Å². The van der Waals surface area contributed by atoms with Gasteiger partial charge >= 0.3 is 12.2 Å². The van der Waals surface area contributed by atoms with Gasteiger partial charge in [-0.25, -0.2) is 9.59 Å². The number of nitrogens with one attached hydrogen (secondary N) is 1. The Bertz CT molecular complexity index is 171. The molecule has 0 atom stereocenters. The van der Waals surface area contributed by atoms with Gasteiger partial charge in [0.1, 0.15) is 6.79 Å². The van der Waals surface area contributed by atoms with E-state index in [0.29, 0.717) is 6.61 Å². The largest absolute Gasteiger partial charge is 0.465 e. The Hall–Kier alpha value is -1.79. The number of carbonyl (C=O) groups is 3. The third-order valence-corrected chi connectivity index (χ3v) is 1.08. The van der Waals surface area contributed by atoms with Gasteiger partial charge in [0, 0.05) is 6.54 Å². The summed E-state index contributed by atoms with van der Waals surface area (Å²) in [5.41, 5.74) is 4.03. The predicted molar refractivity (Wildman–Crippen MR) is 59.3 cm³/mol. The van der Waals surface area contributed by atoms with Gasteiger partial charge in [0.05, 0.1) is 6.61 Å². The first-order valence-electron chi connectivity index (χ1n) is 4.72. The number of carbonyl (C=O) groups excluding carboxylic acids is 2. The third kappa shape index (κ3) is 39.8. The van der Waals surface area contributed by atoms with Crippen LogP contribution < -0.4 is 11.1 Å². The van der Waals surface area contributed by atoms with Gasteiger partial charge in [-0.15, -0.1) is 0 Å². The van der Waals surface area contributed by atoms with Crippen LogP contribution in [0.5, 0.6) is 0 Å². The average Bonchev–Trinajstić information content (AvgIpc) is 2.21. The molecule has 7 heteroatoms. The zero-order chi connectivity index (χ0) is 13.4. The molecule has 7 nitrogen and oxygen atoms in total. The van der Waals surface area contributed by atoms with E-state index in [1.807, 2.05) is 6.79 Å². The van der Waals surface area contributed by atoms with E-state index >= 15 is 0 Å². The summed E-state index contributed by atoms with van der Waals surface area (Å²) < 4.78 is 4.64. The molecular weight excluding hydrogens is 216 g/mol. The molecule has 16 heavy (non-hydrogen) atoms. The Labute approximate surface area is 95.0 Å². The summed E-state index contributed by atoms with van der Waals surface area (Å²) in [6.07, 6.45) is 0.460. The second-order valence-electron chi connectivity index (χ2n) is 2.34. The van der Waals surface area contributed by atoms with Crippen molar-refractivity contribution < 1.29 is 24.2 Å². The van der Waals surface area contributed by atoms with Gasteiger partial charge in [0.25, 0.3) is 0 Å². The Morgan fingerprint density at radius 1 is 1.38 bits per heavy atom. The number of primary amides is 1. The van der Waals surface area contributed by atoms with Crippen molar-refractivity contribution in [3.63, 3.8) is 0 Å². The van der Waals surface area contributed by atoms with Crippen molar-refractivity contribution in [3.05, 3.63) is 0 Å². The number of unbranched alkanes of at least 4 members (excludes halogenated alkanes) is 1. The summed E-state index contributed by atoms with van der Waals surface area (Å²) >= 11 is 0. The van der Waals surface area contributed by atoms with Gasteiger partial charge < -0.3 is 25.7 Å². The number of hydrogen-bond donors (Lipinski definition) is 3. The zero-order valence-electron chi connectivity index (χ0n) is 9.69. The lowest BCUT2D eigenvalue weighted by atomic mass is 10.3. The molecule has 0 saturated carbocycles. The van der Waals surface area contributed by atoms with Crippen molar-refractivity contribution >= 4 is 19.0 Å². The Morgan fingerprint density at radius 2 is 1.81 bits per heavy atom. The van der Waals surface area contributed by atoms with Crippen LogP contribution in [0.3, 0.4) is 0 Å². The summed E-state index contributed by atoms with van der Waals surface area (Å²) in [7, 11) is 0. The lowest BCUT2D eigenvalue weighted by molar-refractivity contribution is -0.0980. The molecule has 0 aliphatic heterocycles. The Balaban J connectivity index is -0.000000237. The smallest absolute Gasteiger partial charge is 0.407 e. The first kappa shape index (κ1) is 19.7. The van der Waals surface area contributed by atoms with Crippen LogP contribution in [0, 0.1) is 0 Å². The average molecular weight is 236 g/mol. The Morgan fingerprint density at radius 3 is 2.12 bits per heavy atom. The van der Waals surface area contributed by atoms with Crippen LogP contribution >= 0.6 is 0 Å². The van der Waals surface area contributed by atoms with Gasteiger partial charge in [-0.3, -0.25) is 0 Å². The quantitative estimate of drug-likeness (QED) is 0.628. The van der Waals surface area contributed by atoms with Crippen LogP contribution in [0.4, 0.5) is 9.59 Å². The number of ether oxygens (including phenoxy) is 1. The normalized spacial score (nSPS) is 7.38. The fraction of sp³-hybridized carbons (Fsp3) is 0.667. The van der Waals surface area contributed by atoms with Crippen LogP contribution in [-0.2, 0) is 9.53 Å². The number of rotatable bonds is 4. The first-order valence-corrected chi connectivity index (χ1v) is 4.72. The van der Waals surface area contributed by atoms with Gasteiger partial charge in [0.15, 0.2) is 0 Å². The van der Waals surface area contributed by atoms with E-state index in [0.717, 1.165) is 19.4 Å². The molecule has 0 heterocycles. The lowest BCUT2D eigenvalue weighted by Gasteiger charge is -2.02. The lowest BCUT2D eigenvalue weighted by Crippen LogP contribution is -2.24. The van der Waals surface area contributed by atoms with Gasteiger partial charge in [-0.1, -0.05) is 13.3 Å². The fourth-order valence-corrected chi connectivity index (χ4v) is 0.549. The maximum atomic E-state index is 10.6. The van der Waals surface area contributed by atoms with Crippen LogP contribution in [0.2, 0.25) is 0 Å². The molecule has 0 spiro atoms. The van der Waals surface area contributed by atoms with E-state index in [-0.39, 0.29) is 6.09 Å². The molecule has 0 aromatic heterocycles. The van der Waals surface area contributed by atoms with E-state index in [9.17, 15) is 4.79 Å². The highest BCUT2D eigenvalue weighted by atomic mass is 16.5. The monoisotopic (exact) mass is 236 g/mol. The first-order chi connectivity index (χ1) is 7.54. The third-order valence-electron chi connectivity index (χ3n) is 1.08. The summed E-state index contributed by atoms with van der Waals surface area (Å²) in [4.78, 5) is 27.4. The minimum atomic E-state index is -1.33. The van der Waals surface area contributed by atoms with Crippen molar-refractivity contribution in [2.75, 3.05) is 13.2 Å².